The van der Waals surface area contributed by atoms with Crippen molar-refractivity contribution in [1.82, 2.24) is 19.2 Å². The van der Waals surface area contributed by atoms with E-state index in [0.717, 1.165) is 28.4 Å². The van der Waals surface area contributed by atoms with Crippen LogP contribution in [0.15, 0.2) is 119 Å². The summed E-state index contributed by atoms with van der Waals surface area (Å²) < 4.78 is 106. The Morgan fingerprint density at radius 3 is 1.72 bits per heavy atom. The Balaban J connectivity index is 1.03. The van der Waals surface area contributed by atoms with Gasteiger partial charge in [0.05, 0.1) is 26.9 Å². The molecule has 316 valence electrons. The number of rotatable bonds is 16. The molecule has 0 unspecified atom stereocenters. The molecule has 60 heavy (non-hydrogen) atoms. The Morgan fingerprint density at radius 1 is 0.733 bits per heavy atom. The number of nitrogens with two attached hydrogens (primary N) is 1. The minimum atomic E-state index is -4.73. The molecule has 0 bridgehead atoms. The standard InChI is InChI=1S/C39H36F3N5O9S4/c1-25-8-10-27(11-9-25)33-24-34(39(40,41)42)44-47(33)30-14-18-32(19-15-30)60(53,54)46-38(50)56-21-23-58-57-22-20-55-37(49)45-59(51,52)31-16-12-29(13-17-31)36(43)35(26(2)48)28-6-4-3-5-7-28/h3-19,24H,20-23,43H2,1-2H3,(H,45,49)(H,46,50). The number of nitrogens with zero attached hydrogens (tertiary/aromatic N) is 2. The van der Waals surface area contributed by atoms with E-state index in [1.807, 2.05) is 11.6 Å². The predicted octanol–water partition coefficient (Wildman–Crippen LogP) is 7.19. The molecule has 1 aromatic heterocycles. The fraction of sp³-hybridized carbons (Fsp3) is 0.179. The van der Waals surface area contributed by atoms with Gasteiger partial charge in [0, 0.05) is 22.6 Å². The van der Waals surface area contributed by atoms with Crippen molar-refractivity contribution in [3.05, 3.63) is 132 Å². The van der Waals surface area contributed by atoms with Crippen LogP contribution < -0.4 is 15.2 Å². The number of halogens is 3. The maximum Gasteiger partial charge on any atom is 0.435 e. The number of sulfonamides is 2. The number of carbonyl (C=O) groups excluding carboxylic acids is 3. The van der Waals surface area contributed by atoms with Crippen LogP contribution in [0.2, 0.25) is 0 Å². The van der Waals surface area contributed by atoms with Gasteiger partial charge in [-0.15, -0.1) is 0 Å². The van der Waals surface area contributed by atoms with E-state index in [1.165, 1.54) is 64.9 Å². The molecule has 2 amide bonds. The number of ether oxygens (including phenoxy) is 2. The van der Waals surface area contributed by atoms with Crippen LogP contribution in [0.5, 0.6) is 0 Å². The third-order valence-electron chi connectivity index (χ3n) is 8.22. The van der Waals surface area contributed by atoms with Crippen molar-refractivity contribution >= 4 is 70.9 Å². The van der Waals surface area contributed by atoms with E-state index < -0.39 is 44.1 Å². The van der Waals surface area contributed by atoms with Crippen molar-refractivity contribution in [2.75, 3.05) is 24.7 Å². The Morgan fingerprint density at radius 2 is 1.23 bits per heavy atom. The molecule has 14 nitrogen and oxygen atoms in total. The third kappa shape index (κ3) is 11.9. The lowest BCUT2D eigenvalue weighted by molar-refractivity contribution is -0.141. The highest BCUT2D eigenvalue weighted by Gasteiger charge is 2.35. The van der Waals surface area contributed by atoms with E-state index in [9.17, 15) is 44.4 Å². The average Bonchev–Trinajstić information content (AvgIpc) is 3.66. The smallest absolute Gasteiger partial charge is 0.435 e. The van der Waals surface area contributed by atoms with Crippen molar-refractivity contribution in [3.8, 4) is 16.9 Å². The van der Waals surface area contributed by atoms with Crippen molar-refractivity contribution in [3.63, 3.8) is 0 Å². The SMILES string of the molecule is CC(=O)C(=C(N)c1ccc(S(=O)(=O)NC(=O)OCCSSCCOC(=O)NS(=O)(=O)c2ccc(-n3nc(C(F)(F)F)cc3-c3ccc(C)cc3)cc2)cc1)c1ccccc1. The van der Waals surface area contributed by atoms with Crippen molar-refractivity contribution in [2.45, 2.75) is 29.8 Å². The van der Waals surface area contributed by atoms with E-state index >= 15 is 0 Å². The molecule has 1 heterocycles. The highest BCUT2D eigenvalue weighted by atomic mass is 33.1. The van der Waals surface area contributed by atoms with Gasteiger partial charge in [-0.2, -0.15) is 18.3 Å². The molecule has 5 rings (SSSR count). The lowest BCUT2D eigenvalue weighted by Gasteiger charge is -2.12. The van der Waals surface area contributed by atoms with Crippen LogP contribution in [0.1, 0.15) is 29.3 Å². The Kier molecular flexibility index (Phi) is 14.7. The van der Waals surface area contributed by atoms with Gasteiger partial charge in [0.25, 0.3) is 20.0 Å². The number of benzene rings is 4. The zero-order valence-corrected chi connectivity index (χ0v) is 34.9. The first-order valence-corrected chi connectivity index (χ1v) is 23.0. The first kappa shape index (κ1) is 45.3. The number of Topliss-reactive ketones (excluding diaryl/α,β-unsaturated/α-hetero) is 1. The number of nitrogens with one attached hydrogen (secondary N) is 2. The second kappa shape index (κ2) is 19.5. The number of ketones is 1. The summed E-state index contributed by atoms with van der Waals surface area (Å²) in [7, 11) is -6.33. The normalized spacial score (nSPS) is 12.3. The molecule has 4 aromatic carbocycles. The van der Waals surface area contributed by atoms with Crippen LogP contribution >= 0.6 is 21.6 Å². The molecule has 0 aliphatic rings. The largest absolute Gasteiger partial charge is 0.448 e. The Bertz CT molecular complexity index is 2590. The molecule has 5 aromatic rings. The number of aromatic nitrogens is 2. The van der Waals surface area contributed by atoms with Crippen LogP contribution in [0.4, 0.5) is 22.8 Å². The van der Waals surface area contributed by atoms with Crippen LogP contribution in [-0.4, -0.2) is 69.3 Å². The predicted molar refractivity (Wildman–Crippen MR) is 222 cm³/mol. The number of hydrogen-bond acceptors (Lipinski definition) is 13. The van der Waals surface area contributed by atoms with E-state index in [2.05, 4.69) is 5.10 Å². The molecule has 0 radical (unpaired) electrons. The van der Waals surface area contributed by atoms with Crippen LogP contribution in [0, 0.1) is 6.92 Å². The van der Waals surface area contributed by atoms with E-state index in [-0.39, 0.29) is 62.9 Å². The highest BCUT2D eigenvalue weighted by molar-refractivity contribution is 8.76. The molecule has 0 atom stereocenters. The summed E-state index contributed by atoms with van der Waals surface area (Å²) in [6.07, 6.45) is -7.21. The van der Waals surface area contributed by atoms with Gasteiger partial charge in [0.15, 0.2) is 11.5 Å². The Hall–Kier alpha value is -5.77. The van der Waals surface area contributed by atoms with Crippen LogP contribution in [0.3, 0.4) is 0 Å². The number of alkyl halides is 3. The topological polar surface area (TPSA) is 206 Å². The fourth-order valence-electron chi connectivity index (χ4n) is 5.37. The van der Waals surface area contributed by atoms with Gasteiger partial charge in [0.2, 0.25) is 0 Å². The number of aryl methyl sites for hydroxylation is 1. The van der Waals surface area contributed by atoms with Gasteiger partial charge in [-0.05, 0) is 67.4 Å². The molecule has 4 N–H and O–H groups in total. The van der Waals surface area contributed by atoms with Gasteiger partial charge in [0.1, 0.15) is 13.2 Å². The third-order valence-corrected chi connectivity index (χ3v) is 13.2. The summed E-state index contributed by atoms with van der Waals surface area (Å²) in [5.74, 6) is 0.148. The van der Waals surface area contributed by atoms with Crippen molar-refractivity contribution in [1.29, 1.82) is 0 Å². The van der Waals surface area contributed by atoms with Gasteiger partial charge in [-0.1, -0.05) is 93.9 Å². The lowest BCUT2D eigenvalue weighted by atomic mass is 9.97. The molecular weight excluding hydrogens is 868 g/mol. The monoisotopic (exact) mass is 903 g/mol. The molecule has 0 fully saturated rings. The molecule has 0 saturated heterocycles. The molecule has 21 heteroatoms. The first-order chi connectivity index (χ1) is 28.4. The number of amides is 2. The van der Waals surface area contributed by atoms with Gasteiger partial charge >= 0.3 is 18.4 Å². The summed E-state index contributed by atoms with van der Waals surface area (Å²) in [4.78, 5) is 36.2. The summed E-state index contributed by atoms with van der Waals surface area (Å²) >= 11 is 0. The van der Waals surface area contributed by atoms with Gasteiger partial charge in [-0.3, -0.25) is 4.79 Å². The minimum absolute atomic E-state index is 0.130. The maximum absolute atomic E-state index is 13.5. The first-order valence-electron chi connectivity index (χ1n) is 17.5. The summed E-state index contributed by atoms with van der Waals surface area (Å²) in [6.45, 7) is 2.82. The molecule has 0 saturated carbocycles. The highest BCUT2D eigenvalue weighted by Crippen LogP contribution is 2.34. The van der Waals surface area contributed by atoms with E-state index in [0.29, 0.717) is 16.7 Å². The molecular formula is C39H36F3N5O9S4. The summed E-state index contributed by atoms with van der Waals surface area (Å²) in [6, 6.07) is 26.4. The molecule has 0 spiro atoms. The van der Waals surface area contributed by atoms with Crippen LogP contribution in [-0.2, 0) is 40.5 Å². The minimum Gasteiger partial charge on any atom is -0.448 e. The number of carbonyl (C=O) groups is 3. The second-order valence-electron chi connectivity index (χ2n) is 12.5. The Labute approximate surface area is 351 Å². The van der Waals surface area contributed by atoms with E-state index in [1.54, 1.807) is 59.3 Å². The van der Waals surface area contributed by atoms with E-state index in [4.69, 9.17) is 15.2 Å². The van der Waals surface area contributed by atoms with Crippen molar-refractivity contribution in [2.24, 2.45) is 5.73 Å². The maximum atomic E-state index is 13.5. The zero-order valence-electron chi connectivity index (χ0n) is 31.6. The van der Waals surface area contributed by atoms with Gasteiger partial charge in [-0.25, -0.2) is 40.6 Å². The van der Waals surface area contributed by atoms with Crippen molar-refractivity contribution < 1.29 is 53.9 Å². The second-order valence-corrected chi connectivity index (χ2v) is 18.6. The van der Waals surface area contributed by atoms with Crippen LogP contribution in [0.25, 0.3) is 28.2 Å². The number of allylic oxidation sites excluding steroid dienone is 1. The lowest BCUT2D eigenvalue weighted by Crippen LogP contribution is -2.31. The summed E-state index contributed by atoms with van der Waals surface area (Å²) in [5, 5.41) is 3.70. The quantitative estimate of drug-likeness (QED) is 0.0389. The fourth-order valence-corrected chi connectivity index (χ4v) is 8.81. The van der Waals surface area contributed by atoms with Gasteiger partial charge < -0.3 is 15.2 Å². The summed E-state index contributed by atoms with van der Waals surface area (Å²) in [5.41, 5.74) is 8.18. The zero-order chi connectivity index (χ0) is 43.7. The number of hydrogen-bond donors (Lipinski definition) is 3. The average molecular weight is 904 g/mol. The molecule has 0 aliphatic carbocycles. The molecule has 0 aliphatic heterocycles.